The molecule has 0 unspecified atom stereocenters. The van der Waals surface area contributed by atoms with Crippen LogP contribution >= 0.6 is 0 Å². The Morgan fingerprint density at radius 1 is 1.30 bits per heavy atom. The van der Waals surface area contributed by atoms with E-state index in [1.807, 2.05) is 30.3 Å². The number of hydrogen-bond donors (Lipinski definition) is 0. The number of methoxy groups -OCH3 is 1. The van der Waals surface area contributed by atoms with Crippen LogP contribution in [-0.2, 0) is 11.3 Å². The number of nitrogens with zero attached hydrogens (tertiary/aromatic N) is 4. The van der Waals surface area contributed by atoms with Gasteiger partial charge >= 0.3 is 5.97 Å². The lowest BCUT2D eigenvalue weighted by molar-refractivity contribution is 0.0594. The van der Waals surface area contributed by atoms with Crippen molar-refractivity contribution in [1.29, 1.82) is 0 Å². The summed E-state index contributed by atoms with van der Waals surface area (Å²) in [4.78, 5) is 18.5. The molecule has 2 rings (SSSR count). The van der Waals surface area contributed by atoms with Crippen LogP contribution in [-0.4, -0.2) is 18.1 Å². The number of rotatable bonds is 4. The van der Waals surface area contributed by atoms with Gasteiger partial charge in [-0.05, 0) is 28.8 Å². The van der Waals surface area contributed by atoms with E-state index in [-0.39, 0.29) is 12.2 Å². The van der Waals surface area contributed by atoms with Gasteiger partial charge in [-0.1, -0.05) is 35.4 Å². The summed E-state index contributed by atoms with van der Waals surface area (Å²) in [5.74, 6) is -0.523. The molecule has 1 heterocycles. The first-order valence-electron chi connectivity index (χ1n) is 5.90. The zero-order valence-corrected chi connectivity index (χ0v) is 10.9. The molecule has 0 aliphatic rings. The van der Waals surface area contributed by atoms with Crippen LogP contribution in [0.2, 0.25) is 0 Å². The van der Waals surface area contributed by atoms with Crippen molar-refractivity contribution in [3.05, 3.63) is 64.3 Å². The van der Waals surface area contributed by atoms with Crippen LogP contribution in [0.1, 0.15) is 16.2 Å². The molecule has 0 saturated heterocycles. The normalized spacial score (nSPS) is 9.65. The van der Waals surface area contributed by atoms with Gasteiger partial charge in [0.2, 0.25) is 0 Å². The lowest BCUT2D eigenvalue weighted by atomic mass is 10.0. The number of azide groups is 1. The first-order chi connectivity index (χ1) is 9.74. The fourth-order valence-electron chi connectivity index (χ4n) is 1.78. The Morgan fingerprint density at radius 3 is 2.70 bits per heavy atom. The zero-order chi connectivity index (χ0) is 14.4. The molecule has 0 saturated carbocycles. The quantitative estimate of drug-likeness (QED) is 0.368. The Bertz CT molecular complexity index is 664. The second-order valence-electron chi connectivity index (χ2n) is 3.98. The fraction of sp³-hybridized carbons (Fsp3) is 0.143. The van der Waals surface area contributed by atoms with E-state index in [1.165, 1.54) is 7.11 Å². The molecule has 0 aliphatic carbocycles. The van der Waals surface area contributed by atoms with Gasteiger partial charge in [0.25, 0.3) is 0 Å². The number of pyridine rings is 1. The summed E-state index contributed by atoms with van der Waals surface area (Å²) in [6, 6.07) is 13.0. The summed E-state index contributed by atoms with van der Waals surface area (Å²) in [6.45, 7) is 0.0845. The number of esters is 1. The molecule has 6 nitrogen and oxygen atoms in total. The number of carbonyl (C=O) groups is 1. The molecular weight excluding hydrogens is 256 g/mol. The fourth-order valence-corrected chi connectivity index (χ4v) is 1.78. The summed E-state index contributed by atoms with van der Waals surface area (Å²) in [7, 11) is 1.30. The number of ether oxygens (including phenoxy) is 1. The molecule has 20 heavy (non-hydrogen) atoms. The molecule has 1 aromatic carbocycles. The zero-order valence-electron chi connectivity index (χ0n) is 10.9. The van der Waals surface area contributed by atoms with Gasteiger partial charge in [0, 0.05) is 10.6 Å². The van der Waals surface area contributed by atoms with Crippen LogP contribution in [0.5, 0.6) is 0 Å². The Hall–Kier alpha value is -2.85. The maximum atomic E-state index is 11.6. The summed E-state index contributed by atoms with van der Waals surface area (Å²) in [5.41, 5.74) is 10.9. The van der Waals surface area contributed by atoms with E-state index in [1.54, 1.807) is 12.1 Å². The van der Waals surface area contributed by atoms with Crippen molar-refractivity contribution in [3.8, 4) is 11.1 Å². The summed E-state index contributed by atoms with van der Waals surface area (Å²) >= 11 is 0. The van der Waals surface area contributed by atoms with Gasteiger partial charge in [-0.25, -0.2) is 9.78 Å². The first kappa shape index (κ1) is 13.6. The lowest BCUT2D eigenvalue weighted by Gasteiger charge is -2.07. The standard InChI is InChI=1S/C14H12N4O2/c1-20-14(19)13-8-11(10-5-3-2-4-6-10)7-12(17-13)9-16-18-15/h2-8H,9H2,1H3. The monoisotopic (exact) mass is 268 g/mol. The largest absolute Gasteiger partial charge is 0.464 e. The van der Waals surface area contributed by atoms with E-state index in [0.717, 1.165) is 11.1 Å². The van der Waals surface area contributed by atoms with Crippen LogP contribution in [0, 0.1) is 0 Å². The minimum atomic E-state index is -0.523. The predicted octanol–water partition coefficient (Wildman–Crippen LogP) is 3.35. The highest BCUT2D eigenvalue weighted by Gasteiger charge is 2.11. The summed E-state index contributed by atoms with van der Waals surface area (Å²) < 4.78 is 4.68. The van der Waals surface area contributed by atoms with Crippen LogP contribution in [0.4, 0.5) is 0 Å². The molecular formula is C14H12N4O2. The van der Waals surface area contributed by atoms with E-state index in [9.17, 15) is 4.79 Å². The van der Waals surface area contributed by atoms with Crippen LogP contribution in [0.3, 0.4) is 0 Å². The van der Waals surface area contributed by atoms with Gasteiger partial charge in [-0.2, -0.15) is 0 Å². The molecule has 100 valence electrons. The smallest absolute Gasteiger partial charge is 0.356 e. The second-order valence-corrected chi connectivity index (χ2v) is 3.98. The number of hydrogen-bond acceptors (Lipinski definition) is 4. The maximum absolute atomic E-state index is 11.6. The third-order valence-electron chi connectivity index (χ3n) is 2.68. The van der Waals surface area contributed by atoms with Crippen LogP contribution in [0.25, 0.3) is 21.6 Å². The molecule has 2 aromatic rings. The van der Waals surface area contributed by atoms with Crippen molar-refractivity contribution in [3.63, 3.8) is 0 Å². The Morgan fingerprint density at radius 2 is 2.05 bits per heavy atom. The van der Waals surface area contributed by atoms with E-state index >= 15 is 0 Å². The molecule has 0 radical (unpaired) electrons. The molecule has 0 amide bonds. The molecule has 0 N–H and O–H groups in total. The van der Waals surface area contributed by atoms with Gasteiger partial charge in [0.15, 0.2) is 0 Å². The minimum Gasteiger partial charge on any atom is -0.464 e. The Balaban J connectivity index is 2.50. The lowest BCUT2D eigenvalue weighted by Crippen LogP contribution is -2.06. The van der Waals surface area contributed by atoms with Crippen molar-refractivity contribution in [2.45, 2.75) is 6.54 Å². The Kier molecular flexibility index (Phi) is 4.32. The molecule has 1 aromatic heterocycles. The molecule has 0 fully saturated rings. The van der Waals surface area contributed by atoms with E-state index < -0.39 is 5.97 Å². The van der Waals surface area contributed by atoms with Crippen LogP contribution in [0.15, 0.2) is 47.6 Å². The van der Waals surface area contributed by atoms with Gasteiger partial charge in [0.05, 0.1) is 13.7 Å². The second kappa shape index (κ2) is 6.36. The van der Waals surface area contributed by atoms with Crippen molar-refractivity contribution >= 4 is 5.97 Å². The van der Waals surface area contributed by atoms with Crippen molar-refractivity contribution in [2.75, 3.05) is 7.11 Å². The van der Waals surface area contributed by atoms with Gasteiger partial charge in [0.1, 0.15) is 5.69 Å². The Labute approximate surface area is 115 Å². The highest BCUT2D eigenvalue weighted by atomic mass is 16.5. The van der Waals surface area contributed by atoms with Gasteiger partial charge in [-0.3, -0.25) is 0 Å². The average Bonchev–Trinajstić information content (AvgIpc) is 2.52. The van der Waals surface area contributed by atoms with Gasteiger partial charge in [-0.15, -0.1) is 0 Å². The predicted molar refractivity (Wildman–Crippen MR) is 73.9 cm³/mol. The SMILES string of the molecule is COC(=O)c1cc(-c2ccccc2)cc(CN=[N+]=[N-])n1. The highest BCUT2D eigenvalue weighted by Crippen LogP contribution is 2.21. The number of aromatic nitrogens is 1. The van der Waals surface area contributed by atoms with Crippen molar-refractivity contribution in [2.24, 2.45) is 5.11 Å². The number of benzene rings is 1. The highest BCUT2D eigenvalue weighted by molar-refractivity contribution is 5.88. The minimum absolute atomic E-state index is 0.0845. The summed E-state index contributed by atoms with van der Waals surface area (Å²) in [5, 5.41) is 3.47. The van der Waals surface area contributed by atoms with Crippen molar-refractivity contribution < 1.29 is 9.53 Å². The average molecular weight is 268 g/mol. The maximum Gasteiger partial charge on any atom is 0.356 e. The molecule has 0 aliphatic heterocycles. The van der Waals surface area contributed by atoms with Gasteiger partial charge < -0.3 is 4.74 Å². The van der Waals surface area contributed by atoms with Crippen LogP contribution < -0.4 is 0 Å². The summed E-state index contributed by atoms with van der Waals surface area (Å²) in [6.07, 6.45) is 0. The molecule has 0 atom stereocenters. The molecule has 0 bridgehead atoms. The van der Waals surface area contributed by atoms with E-state index in [0.29, 0.717) is 5.69 Å². The third kappa shape index (κ3) is 3.13. The topological polar surface area (TPSA) is 88.0 Å². The third-order valence-corrected chi connectivity index (χ3v) is 2.68. The first-order valence-corrected chi connectivity index (χ1v) is 5.90. The van der Waals surface area contributed by atoms with E-state index in [4.69, 9.17) is 5.53 Å². The van der Waals surface area contributed by atoms with Crippen molar-refractivity contribution in [1.82, 2.24) is 4.98 Å². The molecule has 6 heteroatoms. The number of carbonyl (C=O) groups excluding carboxylic acids is 1. The molecule has 0 spiro atoms. The van der Waals surface area contributed by atoms with E-state index in [2.05, 4.69) is 19.7 Å².